The van der Waals surface area contributed by atoms with Crippen molar-refractivity contribution >= 4 is 51.6 Å². The number of nitrogens with zero attached hydrogens (tertiary/aromatic N) is 1. The van der Waals surface area contributed by atoms with Crippen molar-refractivity contribution < 1.29 is 4.79 Å². The van der Waals surface area contributed by atoms with Crippen LogP contribution in [0.25, 0.3) is 0 Å². The lowest BCUT2D eigenvalue weighted by Crippen LogP contribution is -2.32. The molecule has 0 rings (SSSR count). The topological polar surface area (TPSA) is 40.9 Å². The molecule has 0 bridgehead atoms. The van der Waals surface area contributed by atoms with Crippen LogP contribution in [0, 0.1) is 11.3 Å². The summed E-state index contributed by atoms with van der Waals surface area (Å²) in [5.74, 6) is 0. The molecule has 0 saturated heterocycles. The van der Waals surface area contributed by atoms with E-state index < -0.39 is 15.0 Å². The first-order valence-electron chi connectivity index (χ1n) is 2.51. The standard InChI is InChI=1S/C5H3Cl4NO/c6-3(1-2-10)5(8,9)4(7)11/h3H,1H2. The predicted octanol–water partition coefficient (Wildman–Crippen LogP) is 2.45. The summed E-state index contributed by atoms with van der Waals surface area (Å²) < 4.78 is -1.88. The molecule has 0 spiro atoms. The molecular formula is C5H3Cl4NO. The molecule has 2 nitrogen and oxygen atoms in total. The van der Waals surface area contributed by atoms with E-state index in [4.69, 9.17) is 51.7 Å². The highest BCUT2D eigenvalue weighted by Gasteiger charge is 2.40. The summed E-state index contributed by atoms with van der Waals surface area (Å²) in [6.45, 7) is 0. The largest absolute Gasteiger partial charge is 0.278 e. The molecule has 0 N–H and O–H groups in total. The van der Waals surface area contributed by atoms with Crippen molar-refractivity contribution in [2.45, 2.75) is 16.1 Å². The first-order chi connectivity index (χ1) is 4.92. The van der Waals surface area contributed by atoms with Crippen LogP contribution in [0.5, 0.6) is 0 Å². The Bertz CT molecular complexity index is 197. The second-order valence-corrected chi connectivity index (χ2v) is 3.98. The van der Waals surface area contributed by atoms with E-state index in [1.165, 1.54) is 0 Å². The molecule has 0 aliphatic heterocycles. The van der Waals surface area contributed by atoms with Crippen LogP contribution >= 0.6 is 46.4 Å². The highest BCUT2D eigenvalue weighted by Crippen LogP contribution is 2.33. The van der Waals surface area contributed by atoms with Gasteiger partial charge in [0.25, 0.3) is 5.24 Å². The molecule has 1 atom stereocenters. The van der Waals surface area contributed by atoms with E-state index >= 15 is 0 Å². The minimum Gasteiger partial charge on any atom is -0.278 e. The van der Waals surface area contributed by atoms with E-state index in [1.54, 1.807) is 6.07 Å². The van der Waals surface area contributed by atoms with Gasteiger partial charge in [-0.2, -0.15) is 5.26 Å². The number of carbonyl (C=O) groups is 1. The Balaban J connectivity index is 4.31. The van der Waals surface area contributed by atoms with Crippen LogP contribution in [-0.4, -0.2) is 15.0 Å². The molecule has 0 amide bonds. The van der Waals surface area contributed by atoms with E-state index in [9.17, 15) is 4.79 Å². The molecule has 1 unspecified atom stereocenters. The quantitative estimate of drug-likeness (QED) is 0.556. The fourth-order valence-corrected chi connectivity index (χ4v) is 0.841. The van der Waals surface area contributed by atoms with Gasteiger partial charge in [0.05, 0.1) is 17.9 Å². The van der Waals surface area contributed by atoms with Crippen LogP contribution in [0.1, 0.15) is 6.42 Å². The normalized spacial score (nSPS) is 13.7. The number of hydrogen-bond acceptors (Lipinski definition) is 2. The summed E-state index contributed by atoms with van der Waals surface area (Å²) in [5.41, 5.74) is 0. The highest BCUT2D eigenvalue weighted by atomic mass is 35.5. The van der Waals surface area contributed by atoms with E-state index in [0.717, 1.165) is 0 Å². The smallest absolute Gasteiger partial charge is 0.259 e. The summed E-state index contributed by atoms with van der Waals surface area (Å²) in [5, 5.41) is 6.21. The average Bonchev–Trinajstić information content (AvgIpc) is 1.88. The van der Waals surface area contributed by atoms with Gasteiger partial charge >= 0.3 is 0 Å². The van der Waals surface area contributed by atoms with Gasteiger partial charge < -0.3 is 0 Å². The third-order valence-electron chi connectivity index (χ3n) is 0.926. The Morgan fingerprint density at radius 1 is 1.64 bits per heavy atom. The van der Waals surface area contributed by atoms with Gasteiger partial charge in [0.15, 0.2) is 0 Å². The fourth-order valence-electron chi connectivity index (χ4n) is 0.331. The van der Waals surface area contributed by atoms with Crippen LogP contribution in [0.3, 0.4) is 0 Å². The van der Waals surface area contributed by atoms with Gasteiger partial charge in [-0.05, 0) is 11.6 Å². The molecule has 0 aromatic carbocycles. The SMILES string of the molecule is N#CCC(Cl)C(Cl)(Cl)C(=O)Cl. The molecule has 0 radical (unpaired) electrons. The lowest BCUT2D eigenvalue weighted by molar-refractivity contribution is -0.112. The average molecular weight is 235 g/mol. The predicted molar refractivity (Wildman–Crippen MR) is 45.2 cm³/mol. The van der Waals surface area contributed by atoms with Gasteiger partial charge in [-0.3, -0.25) is 4.79 Å². The minimum absolute atomic E-state index is 0.132. The summed E-state index contributed by atoms with van der Waals surface area (Å²) >= 11 is 21.3. The molecule has 0 saturated carbocycles. The zero-order valence-corrected chi connectivity index (χ0v) is 8.18. The Kier molecular flexibility index (Phi) is 4.50. The van der Waals surface area contributed by atoms with Gasteiger partial charge in [0.2, 0.25) is 4.33 Å². The number of carbonyl (C=O) groups excluding carboxylic acids is 1. The lowest BCUT2D eigenvalue weighted by atomic mass is 10.2. The maximum Gasteiger partial charge on any atom is 0.259 e. The molecule has 0 aromatic heterocycles. The summed E-state index contributed by atoms with van der Waals surface area (Å²) in [7, 11) is 0. The van der Waals surface area contributed by atoms with Gasteiger partial charge in [0.1, 0.15) is 0 Å². The number of alkyl halides is 3. The Morgan fingerprint density at radius 2 is 2.09 bits per heavy atom. The van der Waals surface area contributed by atoms with Crippen molar-refractivity contribution in [2.75, 3.05) is 0 Å². The first-order valence-corrected chi connectivity index (χ1v) is 4.08. The van der Waals surface area contributed by atoms with Crippen LogP contribution in [0.4, 0.5) is 0 Å². The van der Waals surface area contributed by atoms with Gasteiger partial charge in [0, 0.05) is 0 Å². The molecule has 0 aromatic rings. The molecule has 0 aliphatic rings. The number of nitriles is 1. The van der Waals surface area contributed by atoms with Crippen molar-refractivity contribution in [3.63, 3.8) is 0 Å². The monoisotopic (exact) mass is 233 g/mol. The van der Waals surface area contributed by atoms with E-state index in [-0.39, 0.29) is 6.42 Å². The second-order valence-electron chi connectivity index (χ2n) is 1.73. The maximum absolute atomic E-state index is 10.5. The first kappa shape index (κ1) is 11.3. The van der Waals surface area contributed by atoms with Crippen molar-refractivity contribution in [2.24, 2.45) is 0 Å². The molecule has 0 fully saturated rings. The molecular weight excluding hydrogens is 232 g/mol. The van der Waals surface area contributed by atoms with E-state index in [0.29, 0.717) is 0 Å². The number of halogens is 4. The zero-order chi connectivity index (χ0) is 9.07. The Hall–Kier alpha value is 0.320. The molecule has 62 valence electrons. The van der Waals surface area contributed by atoms with Crippen molar-refractivity contribution in [3.05, 3.63) is 0 Å². The van der Waals surface area contributed by atoms with Crippen molar-refractivity contribution in [1.29, 1.82) is 5.26 Å². The van der Waals surface area contributed by atoms with Crippen molar-refractivity contribution in [1.82, 2.24) is 0 Å². The van der Waals surface area contributed by atoms with Crippen LogP contribution < -0.4 is 0 Å². The van der Waals surface area contributed by atoms with E-state index in [2.05, 4.69) is 0 Å². The van der Waals surface area contributed by atoms with Crippen LogP contribution in [-0.2, 0) is 4.79 Å². The fraction of sp³-hybridized carbons (Fsp3) is 0.600. The maximum atomic E-state index is 10.5. The van der Waals surface area contributed by atoms with Crippen LogP contribution in [0.2, 0.25) is 0 Å². The third-order valence-corrected chi connectivity index (χ3v) is 2.99. The van der Waals surface area contributed by atoms with Gasteiger partial charge in [-0.25, -0.2) is 0 Å². The van der Waals surface area contributed by atoms with Crippen LogP contribution in [0.15, 0.2) is 0 Å². The molecule has 11 heavy (non-hydrogen) atoms. The second kappa shape index (κ2) is 4.37. The zero-order valence-electron chi connectivity index (χ0n) is 5.15. The molecule has 0 aliphatic carbocycles. The van der Waals surface area contributed by atoms with Gasteiger partial charge in [-0.1, -0.05) is 23.2 Å². The summed E-state index contributed by atoms with van der Waals surface area (Å²) in [6.07, 6.45) is -0.132. The van der Waals surface area contributed by atoms with Gasteiger partial charge in [-0.15, -0.1) is 11.6 Å². The number of rotatable bonds is 3. The Labute approximate surface area is 84.0 Å². The highest BCUT2D eigenvalue weighted by molar-refractivity contribution is 6.79. The minimum atomic E-state index is -1.88. The summed E-state index contributed by atoms with van der Waals surface area (Å²) in [4.78, 5) is 10.5. The molecule has 6 heteroatoms. The number of hydrogen-bond donors (Lipinski definition) is 0. The lowest BCUT2D eigenvalue weighted by Gasteiger charge is -2.17. The molecule has 0 heterocycles. The van der Waals surface area contributed by atoms with Crippen molar-refractivity contribution in [3.8, 4) is 6.07 Å². The van der Waals surface area contributed by atoms with E-state index in [1.807, 2.05) is 0 Å². The Morgan fingerprint density at radius 3 is 2.36 bits per heavy atom. The summed E-state index contributed by atoms with van der Waals surface area (Å²) in [6, 6.07) is 1.72. The third kappa shape index (κ3) is 3.04.